The summed E-state index contributed by atoms with van der Waals surface area (Å²) in [5.74, 6) is -0.276. The van der Waals surface area contributed by atoms with E-state index >= 15 is 0 Å². The number of hydrogen-bond donors (Lipinski definition) is 2. The Kier molecular flexibility index (Phi) is 4.20. The third-order valence-corrected chi connectivity index (χ3v) is 3.23. The number of hydrogen-bond acceptors (Lipinski definition) is 2. The van der Waals surface area contributed by atoms with Crippen LogP contribution in [0.2, 0.25) is 5.02 Å². The van der Waals surface area contributed by atoms with E-state index in [0.717, 1.165) is 11.1 Å². The fourth-order valence-corrected chi connectivity index (χ4v) is 2.07. The van der Waals surface area contributed by atoms with Gasteiger partial charge in [0, 0.05) is 0 Å². The Morgan fingerprint density at radius 3 is 2.47 bits per heavy atom. The lowest BCUT2D eigenvalue weighted by Crippen LogP contribution is -2.28. The van der Waals surface area contributed by atoms with Gasteiger partial charge in [0.1, 0.15) is 6.04 Å². The minimum absolute atomic E-state index is 0.276. The monoisotopic (exact) mass is 274 g/mol. The number of aryl methyl sites for hydroxylation is 1. The molecule has 0 bridgehead atoms. The van der Waals surface area contributed by atoms with Gasteiger partial charge in [-0.15, -0.1) is 0 Å². The van der Waals surface area contributed by atoms with E-state index in [1.165, 1.54) is 0 Å². The number of anilines is 1. The van der Waals surface area contributed by atoms with Crippen LogP contribution in [0.25, 0.3) is 0 Å². The first-order valence-electron chi connectivity index (χ1n) is 5.96. The van der Waals surface area contributed by atoms with E-state index in [0.29, 0.717) is 10.7 Å². The van der Waals surface area contributed by atoms with Gasteiger partial charge in [-0.3, -0.25) is 4.79 Å². The molecule has 1 unspecified atom stereocenters. The van der Waals surface area contributed by atoms with Gasteiger partial charge < -0.3 is 11.1 Å². The Hall–Kier alpha value is -1.84. The Bertz CT molecular complexity index is 564. The predicted molar refractivity (Wildman–Crippen MR) is 78.2 cm³/mol. The van der Waals surface area contributed by atoms with Crippen LogP contribution in [0.3, 0.4) is 0 Å². The Balaban J connectivity index is 2.18. The van der Waals surface area contributed by atoms with Crippen LogP contribution in [0.1, 0.15) is 17.2 Å². The lowest BCUT2D eigenvalue weighted by molar-refractivity contribution is -0.117. The van der Waals surface area contributed by atoms with Crippen LogP contribution in [-0.2, 0) is 4.79 Å². The summed E-state index contributed by atoms with van der Waals surface area (Å²) in [6, 6.07) is 14.0. The second-order valence-electron chi connectivity index (χ2n) is 4.31. The molecule has 2 rings (SSSR count). The largest absolute Gasteiger partial charge is 0.323 e. The van der Waals surface area contributed by atoms with Crippen molar-refractivity contribution >= 4 is 23.2 Å². The second kappa shape index (κ2) is 5.87. The maximum atomic E-state index is 12.1. The summed E-state index contributed by atoms with van der Waals surface area (Å²) in [6.07, 6.45) is 0. The highest BCUT2D eigenvalue weighted by atomic mass is 35.5. The fraction of sp³-hybridized carbons (Fsp3) is 0.133. The van der Waals surface area contributed by atoms with Gasteiger partial charge in [0.25, 0.3) is 0 Å². The van der Waals surface area contributed by atoms with Gasteiger partial charge in [0.2, 0.25) is 5.91 Å². The second-order valence-corrected chi connectivity index (χ2v) is 4.72. The number of carbonyl (C=O) groups is 1. The van der Waals surface area contributed by atoms with E-state index in [1.807, 2.05) is 49.4 Å². The Labute approximate surface area is 117 Å². The average molecular weight is 275 g/mol. The summed E-state index contributed by atoms with van der Waals surface area (Å²) < 4.78 is 0. The van der Waals surface area contributed by atoms with Crippen molar-refractivity contribution in [1.82, 2.24) is 0 Å². The quantitative estimate of drug-likeness (QED) is 0.902. The third-order valence-electron chi connectivity index (χ3n) is 2.91. The highest BCUT2D eigenvalue weighted by molar-refractivity contribution is 6.34. The minimum Gasteiger partial charge on any atom is -0.323 e. The van der Waals surface area contributed by atoms with Crippen LogP contribution in [0.15, 0.2) is 48.5 Å². The van der Waals surface area contributed by atoms with Crippen LogP contribution in [-0.4, -0.2) is 5.91 Å². The fourth-order valence-electron chi connectivity index (χ4n) is 1.80. The highest BCUT2D eigenvalue weighted by Crippen LogP contribution is 2.26. The average Bonchev–Trinajstić information content (AvgIpc) is 2.43. The number of halogens is 1. The number of rotatable bonds is 3. The van der Waals surface area contributed by atoms with Gasteiger partial charge in [-0.1, -0.05) is 54.1 Å². The zero-order valence-electron chi connectivity index (χ0n) is 10.6. The molecule has 19 heavy (non-hydrogen) atoms. The molecule has 0 aliphatic heterocycles. The van der Waals surface area contributed by atoms with Gasteiger partial charge in [-0.25, -0.2) is 0 Å². The van der Waals surface area contributed by atoms with E-state index in [-0.39, 0.29) is 5.91 Å². The normalized spacial score (nSPS) is 11.9. The number of carbonyl (C=O) groups excluding carboxylic acids is 1. The molecule has 0 heterocycles. The molecule has 0 aromatic heterocycles. The van der Waals surface area contributed by atoms with E-state index in [9.17, 15) is 4.79 Å². The number of nitrogens with two attached hydrogens (primary N) is 1. The minimum atomic E-state index is -0.711. The van der Waals surface area contributed by atoms with E-state index < -0.39 is 6.04 Å². The molecule has 4 heteroatoms. The molecule has 3 nitrogen and oxygen atoms in total. The van der Waals surface area contributed by atoms with Gasteiger partial charge >= 0.3 is 0 Å². The van der Waals surface area contributed by atoms with E-state index in [2.05, 4.69) is 5.32 Å². The van der Waals surface area contributed by atoms with Crippen LogP contribution < -0.4 is 11.1 Å². The molecule has 3 N–H and O–H groups in total. The molecule has 98 valence electrons. The summed E-state index contributed by atoms with van der Waals surface area (Å²) in [6.45, 7) is 1.88. The number of nitrogens with one attached hydrogen (secondary N) is 1. The predicted octanol–water partition coefficient (Wildman–Crippen LogP) is 3.29. The molecule has 2 aromatic rings. The van der Waals surface area contributed by atoms with Crippen molar-refractivity contribution in [2.45, 2.75) is 13.0 Å². The number of amides is 1. The summed E-state index contributed by atoms with van der Waals surface area (Å²) >= 11 is 6.07. The third kappa shape index (κ3) is 3.13. The molecule has 1 amide bonds. The molecule has 1 atom stereocenters. The van der Waals surface area contributed by atoms with Gasteiger partial charge in [0.05, 0.1) is 10.7 Å². The topological polar surface area (TPSA) is 55.1 Å². The first kappa shape index (κ1) is 13.6. The molecule has 2 aromatic carbocycles. The van der Waals surface area contributed by atoms with Crippen molar-refractivity contribution in [3.05, 3.63) is 64.7 Å². The maximum absolute atomic E-state index is 12.1. The van der Waals surface area contributed by atoms with Crippen molar-refractivity contribution in [3.63, 3.8) is 0 Å². The van der Waals surface area contributed by atoms with Gasteiger partial charge in [-0.2, -0.15) is 0 Å². The summed E-state index contributed by atoms with van der Waals surface area (Å²) in [4.78, 5) is 12.1. The van der Waals surface area contributed by atoms with Crippen molar-refractivity contribution in [2.75, 3.05) is 5.32 Å². The molecule has 0 fully saturated rings. The maximum Gasteiger partial charge on any atom is 0.245 e. The van der Waals surface area contributed by atoms with E-state index in [4.69, 9.17) is 17.3 Å². The summed E-state index contributed by atoms with van der Waals surface area (Å²) in [5.41, 5.74) is 8.22. The summed E-state index contributed by atoms with van der Waals surface area (Å²) in [5, 5.41) is 3.29. The molecule has 0 aliphatic carbocycles. The smallest absolute Gasteiger partial charge is 0.245 e. The molecule has 0 radical (unpaired) electrons. The molecule has 0 spiro atoms. The molecular formula is C15H15ClN2O. The van der Waals surface area contributed by atoms with Crippen molar-refractivity contribution < 1.29 is 4.79 Å². The van der Waals surface area contributed by atoms with Crippen molar-refractivity contribution in [3.8, 4) is 0 Å². The molecular weight excluding hydrogens is 260 g/mol. The zero-order chi connectivity index (χ0) is 13.8. The Morgan fingerprint density at radius 1 is 1.16 bits per heavy atom. The first-order chi connectivity index (χ1) is 9.09. The standard InChI is InChI=1S/C15H15ClN2O/c1-10-6-5-9-12(16)14(10)18-15(19)13(17)11-7-3-2-4-8-11/h2-9,13H,17H2,1H3,(H,18,19). The van der Waals surface area contributed by atoms with E-state index in [1.54, 1.807) is 6.07 Å². The molecule has 0 saturated heterocycles. The van der Waals surface area contributed by atoms with Crippen LogP contribution in [0, 0.1) is 6.92 Å². The molecule has 0 saturated carbocycles. The number of para-hydroxylation sites is 1. The van der Waals surface area contributed by atoms with Crippen LogP contribution in [0.5, 0.6) is 0 Å². The van der Waals surface area contributed by atoms with Crippen molar-refractivity contribution in [2.24, 2.45) is 5.73 Å². The van der Waals surface area contributed by atoms with Gasteiger partial charge in [0.15, 0.2) is 0 Å². The Morgan fingerprint density at radius 2 is 1.84 bits per heavy atom. The van der Waals surface area contributed by atoms with Gasteiger partial charge in [-0.05, 0) is 24.1 Å². The van der Waals surface area contributed by atoms with Crippen LogP contribution in [0.4, 0.5) is 5.69 Å². The van der Waals surface area contributed by atoms with Crippen LogP contribution >= 0.6 is 11.6 Å². The number of benzene rings is 2. The van der Waals surface area contributed by atoms with Crippen molar-refractivity contribution in [1.29, 1.82) is 0 Å². The lowest BCUT2D eigenvalue weighted by Gasteiger charge is -2.15. The highest BCUT2D eigenvalue weighted by Gasteiger charge is 2.17. The SMILES string of the molecule is Cc1cccc(Cl)c1NC(=O)C(N)c1ccccc1. The first-order valence-corrected chi connectivity index (χ1v) is 6.34. The summed E-state index contributed by atoms with van der Waals surface area (Å²) in [7, 11) is 0. The lowest BCUT2D eigenvalue weighted by atomic mass is 10.1. The molecule has 0 aliphatic rings. The zero-order valence-corrected chi connectivity index (χ0v) is 11.3.